The van der Waals surface area contributed by atoms with Gasteiger partial charge in [0.25, 0.3) is 0 Å². The van der Waals surface area contributed by atoms with Gasteiger partial charge in [0.1, 0.15) is 11.6 Å². The molecule has 0 saturated heterocycles. The van der Waals surface area contributed by atoms with Gasteiger partial charge in [-0.1, -0.05) is 23.7 Å². The van der Waals surface area contributed by atoms with Crippen LogP contribution in [-0.2, 0) is 19.6 Å². The number of hydrogen-bond donors (Lipinski definition) is 1. The van der Waals surface area contributed by atoms with E-state index < -0.39 is 0 Å². The third kappa shape index (κ3) is 4.67. The number of nitrogens with zero attached hydrogens (tertiary/aromatic N) is 3. The van der Waals surface area contributed by atoms with Crippen molar-refractivity contribution in [3.63, 3.8) is 0 Å². The number of benzene rings is 1. The fraction of sp³-hybridized carbons (Fsp3) is 0.263. The quantitative estimate of drug-likeness (QED) is 0.683. The van der Waals surface area contributed by atoms with Gasteiger partial charge in [0, 0.05) is 30.5 Å². The molecule has 136 valence electrons. The molecule has 2 aromatic heterocycles. The van der Waals surface area contributed by atoms with Crippen molar-refractivity contribution in [2.45, 2.75) is 26.6 Å². The number of rotatable bonds is 7. The van der Waals surface area contributed by atoms with Crippen LogP contribution in [0.1, 0.15) is 24.1 Å². The Balaban J connectivity index is 1.76. The molecule has 3 rings (SSSR count). The number of imidazole rings is 1. The zero-order chi connectivity index (χ0) is 18.4. The largest absolute Gasteiger partial charge is 0.467 e. The van der Waals surface area contributed by atoms with Gasteiger partial charge < -0.3 is 19.2 Å². The summed E-state index contributed by atoms with van der Waals surface area (Å²) in [6.45, 7) is 3.84. The molecule has 0 aliphatic carbocycles. The van der Waals surface area contributed by atoms with Gasteiger partial charge in [0.15, 0.2) is 0 Å². The Bertz CT molecular complexity index is 845. The van der Waals surface area contributed by atoms with E-state index >= 15 is 0 Å². The molecule has 0 unspecified atom stereocenters. The van der Waals surface area contributed by atoms with E-state index in [0.29, 0.717) is 31.2 Å². The summed E-state index contributed by atoms with van der Waals surface area (Å²) in [5, 5.41) is 3.54. The molecule has 2 heterocycles. The highest BCUT2D eigenvalue weighted by Crippen LogP contribution is 2.14. The van der Waals surface area contributed by atoms with E-state index in [0.717, 1.165) is 17.1 Å². The second-order valence-electron chi connectivity index (χ2n) is 5.87. The Morgan fingerprint density at radius 1 is 1.31 bits per heavy atom. The van der Waals surface area contributed by atoms with Crippen molar-refractivity contribution in [1.29, 1.82) is 0 Å². The summed E-state index contributed by atoms with van der Waals surface area (Å²) in [6.07, 6.45) is 5.24. The molecule has 0 saturated carbocycles. The first-order valence-corrected chi connectivity index (χ1v) is 8.83. The van der Waals surface area contributed by atoms with Crippen LogP contribution in [0, 0.1) is 0 Å². The Morgan fingerprint density at radius 3 is 2.92 bits per heavy atom. The third-order valence-electron chi connectivity index (χ3n) is 3.92. The second kappa shape index (κ2) is 8.58. The van der Waals surface area contributed by atoms with Crippen LogP contribution in [-0.4, -0.2) is 27.0 Å². The minimum Gasteiger partial charge on any atom is -0.467 e. The van der Waals surface area contributed by atoms with E-state index in [1.807, 2.05) is 54.1 Å². The van der Waals surface area contributed by atoms with E-state index in [9.17, 15) is 4.79 Å². The average molecular weight is 373 g/mol. The monoisotopic (exact) mass is 372 g/mol. The lowest BCUT2D eigenvalue weighted by atomic mass is 10.2. The van der Waals surface area contributed by atoms with Gasteiger partial charge in [-0.2, -0.15) is 0 Å². The molecule has 0 fully saturated rings. The number of carbonyl (C=O) groups is 1. The number of nitrogens with one attached hydrogen (secondary N) is 1. The molecule has 26 heavy (non-hydrogen) atoms. The molecular formula is C19H21ClN4O2. The summed E-state index contributed by atoms with van der Waals surface area (Å²) in [7, 11) is 0. The van der Waals surface area contributed by atoms with E-state index in [4.69, 9.17) is 16.0 Å². The maximum atomic E-state index is 12.4. The third-order valence-corrected chi connectivity index (χ3v) is 4.15. The van der Waals surface area contributed by atoms with Crippen molar-refractivity contribution in [1.82, 2.24) is 19.8 Å². The average Bonchev–Trinajstić information content (AvgIpc) is 3.27. The van der Waals surface area contributed by atoms with E-state index in [1.54, 1.807) is 17.4 Å². The van der Waals surface area contributed by atoms with Crippen LogP contribution in [0.5, 0.6) is 0 Å². The fourth-order valence-corrected chi connectivity index (χ4v) is 2.90. The summed E-state index contributed by atoms with van der Waals surface area (Å²) < 4.78 is 7.40. The first kappa shape index (κ1) is 18.1. The highest BCUT2D eigenvalue weighted by molar-refractivity contribution is 6.30. The molecule has 2 amide bonds. The molecule has 0 bridgehead atoms. The predicted octanol–water partition coefficient (Wildman–Crippen LogP) is 3.91. The van der Waals surface area contributed by atoms with Crippen LogP contribution in [0.25, 0.3) is 0 Å². The fourth-order valence-electron chi connectivity index (χ4n) is 2.69. The summed E-state index contributed by atoms with van der Waals surface area (Å²) in [5.41, 5.74) is 1.08. The predicted molar refractivity (Wildman–Crippen MR) is 99.8 cm³/mol. The molecule has 0 aliphatic heterocycles. The smallest absolute Gasteiger partial charge is 0.318 e. The van der Waals surface area contributed by atoms with Crippen molar-refractivity contribution in [2.24, 2.45) is 0 Å². The van der Waals surface area contributed by atoms with Crippen LogP contribution in [0.2, 0.25) is 5.02 Å². The van der Waals surface area contributed by atoms with Crippen LogP contribution in [0.4, 0.5) is 4.79 Å². The topological polar surface area (TPSA) is 63.3 Å². The standard InChI is InChI=1S/C19H21ClN4O2/c1-2-21-19(25)24(13-17-7-4-10-26-17)14-18-22-8-9-23(18)12-15-5-3-6-16(20)11-15/h3-11H,2,12-14H2,1H3,(H,21,25). The molecular weight excluding hydrogens is 352 g/mol. The van der Waals surface area contributed by atoms with Gasteiger partial charge in [0.2, 0.25) is 0 Å². The molecule has 3 aromatic rings. The van der Waals surface area contributed by atoms with E-state index in [-0.39, 0.29) is 6.03 Å². The van der Waals surface area contributed by atoms with Crippen LogP contribution < -0.4 is 5.32 Å². The van der Waals surface area contributed by atoms with Gasteiger partial charge in [-0.3, -0.25) is 0 Å². The second-order valence-corrected chi connectivity index (χ2v) is 6.31. The SMILES string of the molecule is CCNC(=O)N(Cc1ccco1)Cc1nccn1Cc1cccc(Cl)c1. The number of aromatic nitrogens is 2. The van der Waals surface area contributed by atoms with Gasteiger partial charge in [-0.05, 0) is 36.8 Å². The minimum atomic E-state index is -0.152. The van der Waals surface area contributed by atoms with Crippen molar-refractivity contribution in [3.8, 4) is 0 Å². The highest BCUT2D eigenvalue weighted by atomic mass is 35.5. The Hall–Kier alpha value is -2.73. The zero-order valence-electron chi connectivity index (χ0n) is 14.6. The molecule has 1 aromatic carbocycles. The van der Waals surface area contributed by atoms with Crippen molar-refractivity contribution >= 4 is 17.6 Å². The maximum absolute atomic E-state index is 12.4. The number of hydrogen-bond acceptors (Lipinski definition) is 3. The molecule has 0 atom stereocenters. The first-order chi connectivity index (χ1) is 12.7. The van der Waals surface area contributed by atoms with Gasteiger partial charge in [-0.15, -0.1) is 0 Å². The summed E-state index contributed by atoms with van der Waals surface area (Å²) >= 11 is 6.07. The maximum Gasteiger partial charge on any atom is 0.318 e. The minimum absolute atomic E-state index is 0.152. The van der Waals surface area contributed by atoms with E-state index in [2.05, 4.69) is 10.3 Å². The van der Waals surface area contributed by atoms with Gasteiger partial charge >= 0.3 is 6.03 Å². The Kier molecular flexibility index (Phi) is 5.96. The van der Waals surface area contributed by atoms with Crippen molar-refractivity contribution < 1.29 is 9.21 Å². The molecule has 0 aliphatic rings. The van der Waals surface area contributed by atoms with Crippen LogP contribution in [0.3, 0.4) is 0 Å². The van der Waals surface area contributed by atoms with Crippen molar-refractivity contribution in [2.75, 3.05) is 6.54 Å². The lowest BCUT2D eigenvalue weighted by molar-refractivity contribution is 0.185. The van der Waals surface area contributed by atoms with Crippen molar-refractivity contribution in [3.05, 3.63) is 77.2 Å². The summed E-state index contributed by atoms with van der Waals surface area (Å²) in [6, 6.07) is 11.2. The molecule has 6 nitrogen and oxygen atoms in total. The number of furan rings is 1. The van der Waals surface area contributed by atoms with Gasteiger partial charge in [0.05, 0.1) is 19.4 Å². The lowest BCUT2D eigenvalue weighted by Gasteiger charge is -2.22. The van der Waals surface area contributed by atoms with Crippen LogP contribution in [0.15, 0.2) is 59.5 Å². The number of carbonyl (C=O) groups excluding carboxylic acids is 1. The normalized spacial score (nSPS) is 10.7. The molecule has 1 N–H and O–H groups in total. The highest BCUT2D eigenvalue weighted by Gasteiger charge is 2.17. The molecule has 7 heteroatoms. The first-order valence-electron chi connectivity index (χ1n) is 8.45. The summed E-state index contributed by atoms with van der Waals surface area (Å²) in [5.74, 6) is 1.52. The Labute approximate surface area is 157 Å². The molecule has 0 spiro atoms. The number of halogens is 1. The van der Waals surface area contributed by atoms with Crippen LogP contribution >= 0.6 is 11.6 Å². The number of amides is 2. The lowest BCUT2D eigenvalue weighted by Crippen LogP contribution is -2.39. The number of urea groups is 1. The zero-order valence-corrected chi connectivity index (χ0v) is 15.3. The van der Waals surface area contributed by atoms with Gasteiger partial charge in [-0.25, -0.2) is 9.78 Å². The Morgan fingerprint density at radius 2 is 2.19 bits per heavy atom. The summed E-state index contributed by atoms with van der Waals surface area (Å²) in [4.78, 5) is 18.5. The van der Waals surface area contributed by atoms with E-state index in [1.165, 1.54) is 0 Å². The molecule has 0 radical (unpaired) electrons.